The highest BCUT2D eigenvalue weighted by atomic mass is 32.2. The van der Waals surface area contributed by atoms with E-state index in [4.69, 9.17) is 19.8 Å². The van der Waals surface area contributed by atoms with Crippen molar-refractivity contribution >= 4 is 38.4 Å². The number of carbonyl (C=O) groups excluding carboxylic acids is 1. The molecule has 234 valence electrons. The molecule has 1 aliphatic carbocycles. The third-order valence-corrected chi connectivity index (χ3v) is 10.6. The average Bonchev–Trinajstić information content (AvgIpc) is 3.24. The van der Waals surface area contributed by atoms with Crippen LogP contribution in [0, 0.1) is 0 Å². The second-order valence-corrected chi connectivity index (χ2v) is 14.0. The minimum atomic E-state index is -4.11. The van der Waals surface area contributed by atoms with E-state index in [0.717, 1.165) is 82.3 Å². The first-order valence-electron chi connectivity index (χ1n) is 15.5. The molecular weight excluding hydrogens is 588 g/mol. The fourth-order valence-corrected chi connectivity index (χ4v) is 8.30. The fourth-order valence-electron chi connectivity index (χ4n) is 7.36. The molecule has 1 atom stereocenters. The third-order valence-electron chi connectivity index (χ3n) is 9.61. The number of amides is 1. The van der Waals surface area contributed by atoms with Gasteiger partial charge in [0.25, 0.3) is 0 Å². The van der Waals surface area contributed by atoms with E-state index in [1.165, 1.54) is 4.31 Å². The molecule has 2 aliphatic heterocycles. The van der Waals surface area contributed by atoms with Crippen molar-refractivity contribution < 1.29 is 17.9 Å². The van der Waals surface area contributed by atoms with E-state index >= 15 is 0 Å². The maximum atomic E-state index is 13.4. The molecule has 2 N–H and O–H groups in total. The van der Waals surface area contributed by atoms with Crippen LogP contribution in [0.1, 0.15) is 43.2 Å². The molecule has 1 fully saturated rings. The van der Waals surface area contributed by atoms with E-state index in [0.29, 0.717) is 25.1 Å². The molecule has 7 rings (SSSR count). The van der Waals surface area contributed by atoms with Crippen molar-refractivity contribution in [2.75, 3.05) is 43.5 Å². The Bertz CT molecular complexity index is 1920. The summed E-state index contributed by atoms with van der Waals surface area (Å²) in [5.41, 5.74) is 7.21. The number of hydrogen-bond donors (Lipinski definition) is 1. The number of fused-ring (bicyclic) bond motifs is 5. The highest BCUT2D eigenvalue weighted by molar-refractivity contribution is 7.90. The maximum Gasteiger partial charge on any atom is 0.301 e. The van der Waals surface area contributed by atoms with Crippen molar-refractivity contribution in [1.29, 1.82) is 0 Å². The van der Waals surface area contributed by atoms with E-state index in [2.05, 4.69) is 11.0 Å². The number of ether oxygens (including phenoxy) is 1. The Balaban J connectivity index is 1.31. The van der Waals surface area contributed by atoms with Crippen molar-refractivity contribution in [3.05, 3.63) is 72.1 Å². The van der Waals surface area contributed by atoms with Gasteiger partial charge in [0, 0.05) is 35.3 Å². The van der Waals surface area contributed by atoms with E-state index in [1.54, 1.807) is 17.2 Å². The number of pyridine rings is 2. The lowest BCUT2D eigenvalue weighted by Gasteiger charge is -2.37. The number of nitrogens with two attached hydrogens (primary N) is 1. The topological polar surface area (TPSA) is 122 Å². The Morgan fingerprint density at radius 1 is 1.07 bits per heavy atom. The van der Waals surface area contributed by atoms with E-state index < -0.39 is 21.9 Å². The largest absolute Gasteiger partial charge is 0.357 e. The first kappa shape index (κ1) is 29.8. The lowest BCUT2D eigenvalue weighted by molar-refractivity contribution is -0.125. The molecule has 2 aromatic carbocycles. The quantitative estimate of drug-likeness (QED) is 0.284. The SMILES string of the molecule is CN(C)CCCOC1CCc2c(-c3cccnc3-c3ccc4ncc5c(c4c3)C3(CCC3)C(=O)N5C)cccc2N1S(N)(=O)=O. The number of rotatable bonds is 8. The zero-order valence-electron chi connectivity index (χ0n) is 25.9. The first-order valence-corrected chi connectivity index (χ1v) is 17.0. The van der Waals surface area contributed by atoms with Gasteiger partial charge in [-0.25, -0.2) is 9.44 Å². The Labute approximate surface area is 264 Å². The molecule has 3 aliphatic rings. The van der Waals surface area contributed by atoms with Gasteiger partial charge in [-0.3, -0.25) is 14.8 Å². The number of carbonyl (C=O) groups is 1. The monoisotopic (exact) mass is 626 g/mol. The van der Waals surface area contributed by atoms with Gasteiger partial charge in [0.2, 0.25) is 5.91 Å². The summed E-state index contributed by atoms with van der Waals surface area (Å²) >= 11 is 0. The van der Waals surface area contributed by atoms with Crippen LogP contribution < -0.4 is 14.3 Å². The van der Waals surface area contributed by atoms with E-state index in [1.807, 2.05) is 63.7 Å². The van der Waals surface area contributed by atoms with Crippen LogP contribution in [0.4, 0.5) is 11.4 Å². The van der Waals surface area contributed by atoms with E-state index in [-0.39, 0.29) is 5.91 Å². The Morgan fingerprint density at radius 3 is 2.60 bits per heavy atom. The second kappa shape index (κ2) is 11.2. The van der Waals surface area contributed by atoms with Crippen LogP contribution in [0.25, 0.3) is 33.3 Å². The molecule has 4 heterocycles. The minimum Gasteiger partial charge on any atom is -0.357 e. The van der Waals surface area contributed by atoms with Gasteiger partial charge in [0.1, 0.15) is 6.23 Å². The molecule has 4 aromatic rings. The smallest absolute Gasteiger partial charge is 0.301 e. The van der Waals surface area contributed by atoms with Crippen molar-refractivity contribution in [2.45, 2.75) is 50.2 Å². The molecule has 1 saturated carbocycles. The summed E-state index contributed by atoms with van der Waals surface area (Å²) in [5.74, 6) is 0.150. The molecule has 0 saturated heterocycles. The highest BCUT2D eigenvalue weighted by Crippen LogP contribution is 2.55. The summed E-state index contributed by atoms with van der Waals surface area (Å²) in [7, 11) is 1.72. The number of anilines is 2. The standard InChI is InChI=1S/C34H38N6O4S/c1-38(2)18-7-19-44-30-14-12-24-23(8-4-10-28(24)40(30)45(35,42)43)25-9-5-17-36-32(25)22-11-13-27-26(20-22)31-29(21-37-27)39(3)33(41)34(31)15-6-16-34/h4-5,8-11,13,17,20-21,30H,6-7,12,14-16,18-19H2,1-3H3,(H2,35,42,43). The van der Waals surface area contributed by atoms with Crippen molar-refractivity contribution in [3.63, 3.8) is 0 Å². The van der Waals surface area contributed by atoms with Crippen molar-refractivity contribution in [2.24, 2.45) is 5.14 Å². The summed E-state index contributed by atoms with van der Waals surface area (Å²) < 4.78 is 33.2. The molecule has 1 spiro atoms. The van der Waals surface area contributed by atoms with Crippen molar-refractivity contribution in [3.8, 4) is 22.4 Å². The number of aromatic nitrogens is 2. The zero-order valence-corrected chi connectivity index (χ0v) is 26.7. The van der Waals surface area contributed by atoms with Gasteiger partial charge >= 0.3 is 10.2 Å². The van der Waals surface area contributed by atoms with Crippen LogP contribution in [0.2, 0.25) is 0 Å². The van der Waals surface area contributed by atoms with Gasteiger partial charge in [-0.05, 0) is 88.1 Å². The number of nitrogens with zero attached hydrogens (tertiary/aromatic N) is 5. The summed E-state index contributed by atoms with van der Waals surface area (Å²) in [6.07, 6.45) is 7.52. The predicted molar refractivity (Wildman–Crippen MR) is 176 cm³/mol. The van der Waals surface area contributed by atoms with Gasteiger partial charge in [0.15, 0.2) is 0 Å². The van der Waals surface area contributed by atoms with Gasteiger partial charge in [-0.15, -0.1) is 0 Å². The molecular formula is C34H38N6O4S. The Hall–Kier alpha value is -3.90. The van der Waals surface area contributed by atoms with Crippen LogP contribution in [-0.2, 0) is 31.6 Å². The maximum absolute atomic E-state index is 13.4. The number of likely N-dealkylation sites (N-methyl/N-ethyl adjacent to an activating group) is 1. The highest BCUT2D eigenvalue weighted by Gasteiger charge is 2.54. The van der Waals surface area contributed by atoms with E-state index in [9.17, 15) is 13.2 Å². The lowest BCUT2D eigenvalue weighted by Crippen LogP contribution is -2.48. The summed E-state index contributed by atoms with van der Waals surface area (Å²) in [6, 6.07) is 15.7. The average molecular weight is 627 g/mol. The normalized spacial score (nSPS) is 18.9. The number of benzene rings is 2. The second-order valence-electron chi connectivity index (χ2n) is 12.6. The molecule has 2 aromatic heterocycles. The van der Waals surface area contributed by atoms with Crippen LogP contribution in [0.3, 0.4) is 0 Å². The molecule has 0 bridgehead atoms. The minimum absolute atomic E-state index is 0.150. The first-order chi connectivity index (χ1) is 21.6. The zero-order chi connectivity index (χ0) is 31.5. The lowest BCUT2D eigenvalue weighted by atomic mass is 9.64. The Morgan fingerprint density at radius 2 is 1.87 bits per heavy atom. The van der Waals surface area contributed by atoms with Crippen LogP contribution in [-0.4, -0.2) is 69.7 Å². The van der Waals surface area contributed by atoms with Crippen molar-refractivity contribution in [1.82, 2.24) is 14.9 Å². The van der Waals surface area contributed by atoms with Crippen LogP contribution in [0.15, 0.2) is 60.9 Å². The van der Waals surface area contributed by atoms with Crippen LogP contribution >= 0.6 is 0 Å². The summed E-state index contributed by atoms with van der Waals surface area (Å²) in [6.45, 7) is 1.27. The third kappa shape index (κ3) is 4.89. The molecule has 10 nitrogen and oxygen atoms in total. The van der Waals surface area contributed by atoms with Crippen LogP contribution in [0.5, 0.6) is 0 Å². The fraction of sp³-hybridized carbons (Fsp3) is 0.382. The molecule has 1 amide bonds. The molecule has 0 radical (unpaired) electrons. The summed E-state index contributed by atoms with van der Waals surface area (Å²) in [4.78, 5) is 26.7. The Kier molecular flexibility index (Phi) is 7.39. The summed E-state index contributed by atoms with van der Waals surface area (Å²) in [5, 5.41) is 6.77. The predicted octanol–water partition coefficient (Wildman–Crippen LogP) is 4.61. The van der Waals surface area contributed by atoms with Gasteiger partial charge in [-0.2, -0.15) is 8.42 Å². The van der Waals surface area contributed by atoms with Gasteiger partial charge < -0.3 is 14.5 Å². The molecule has 1 unspecified atom stereocenters. The molecule has 45 heavy (non-hydrogen) atoms. The van der Waals surface area contributed by atoms with Gasteiger partial charge in [0.05, 0.1) is 40.8 Å². The number of hydrogen-bond acceptors (Lipinski definition) is 7. The van der Waals surface area contributed by atoms with Gasteiger partial charge in [-0.1, -0.05) is 30.7 Å². The molecule has 11 heteroatoms.